The molecule has 0 bridgehead atoms. The van der Waals surface area contributed by atoms with Gasteiger partial charge in [0.1, 0.15) is 24.4 Å². The quantitative estimate of drug-likeness (QED) is 0.225. The summed E-state index contributed by atoms with van der Waals surface area (Å²) in [5.74, 6) is -2.25. The number of hydrogen-bond donors (Lipinski definition) is 5. The summed E-state index contributed by atoms with van der Waals surface area (Å²) in [4.78, 5) is 26.1. The zero-order valence-corrected chi connectivity index (χ0v) is 21.7. The van der Waals surface area contributed by atoms with Crippen LogP contribution in [0, 0.1) is 29.6 Å². The maximum absolute atomic E-state index is 13.1. The van der Waals surface area contributed by atoms with E-state index in [0.29, 0.717) is 12.0 Å². The number of hydrogen-bond acceptors (Lipinski definition) is 12. The van der Waals surface area contributed by atoms with Crippen LogP contribution in [0.1, 0.15) is 33.6 Å². The molecule has 0 radical (unpaired) electrons. The average molecular weight is 543 g/mol. The lowest BCUT2D eigenvalue weighted by Gasteiger charge is -2.42. The third-order valence-electron chi connectivity index (χ3n) is 8.41. The van der Waals surface area contributed by atoms with E-state index in [1.807, 2.05) is 13.8 Å². The molecule has 5 N–H and O–H groups in total. The van der Waals surface area contributed by atoms with E-state index in [-0.39, 0.29) is 48.9 Å². The third-order valence-corrected chi connectivity index (χ3v) is 8.41. The monoisotopic (exact) mass is 542 g/mol. The van der Waals surface area contributed by atoms with Crippen molar-refractivity contribution in [2.45, 2.75) is 76.7 Å². The first-order chi connectivity index (χ1) is 18.1. The summed E-state index contributed by atoms with van der Waals surface area (Å²) in [6.07, 6.45) is -6.23. The molecule has 4 rings (SSSR count). The zero-order valence-electron chi connectivity index (χ0n) is 21.7. The van der Waals surface area contributed by atoms with E-state index in [9.17, 15) is 35.1 Å². The van der Waals surface area contributed by atoms with E-state index in [1.165, 1.54) is 0 Å². The molecule has 0 spiro atoms. The topological polar surface area (TPSA) is 181 Å². The van der Waals surface area contributed by atoms with E-state index < -0.39 is 67.6 Å². The predicted molar refractivity (Wildman–Crippen MR) is 128 cm³/mol. The molecular weight excluding hydrogens is 504 g/mol. The van der Waals surface area contributed by atoms with Gasteiger partial charge in [-0.3, -0.25) is 4.79 Å². The number of carbonyl (C=O) groups excluding carboxylic acids is 2. The Kier molecular flexibility index (Phi) is 9.13. The second-order valence-corrected chi connectivity index (χ2v) is 10.7. The maximum Gasteiger partial charge on any atom is 0.337 e. The number of ether oxygens (including phenoxy) is 5. The SMILES string of the molecule is CC=C1C(OC2OC(CO)C(O)C(O)C2O)OC=C2C(=O)OCC(C)C3CC(O)C(C)C3COC(=O)CC21. The van der Waals surface area contributed by atoms with Crippen LogP contribution in [0.5, 0.6) is 0 Å². The highest BCUT2D eigenvalue weighted by Crippen LogP contribution is 2.43. The van der Waals surface area contributed by atoms with Crippen molar-refractivity contribution in [1.82, 2.24) is 0 Å². The molecular formula is C26H38O12. The van der Waals surface area contributed by atoms with Crippen LogP contribution in [-0.2, 0) is 33.3 Å². The third kappa shape index (κ3) is 5.62. The van der Waals surface area contributed by atoms with Crippen molar-refractivity contribution < 1.29 is 58.8 Å². The minimum absolute atomic E-state index is 0.0230. The molecule has 0 aromatic carbocycles. The Balaban J connectivity index is 1.56. The summed E-state index contributed by atoms with van der Waals surface area (Å²) in [6.45, 7) is 5.14. The minimum Gasteiger partial charge on any atom is -0.468 e. The van der Waals surface area contributed by atoms with Crippen LogP contribution in [0.4, 0.5) is 0 Å². The van der Waals surface area contributed by atoms with Crippen LogP contribution >= 0.6 is 0 Å². The van der Waals surface area contributed by atoms with Crippen molar-refractivity contribution in [2.75, 3.05) is 19.8 Å². The van der Waals surface area contributed by atoms with Gasteiger partial charge in [0, 0.05) is 17.4 Å². The summed E-state index contributed by atoms with van der Waals surface area (Å²) in [5.41, 5.74) is 0.453. The highest BCUT2D eigenvalue weighted by Gasteiger charge is 2.48. The van der Waals surface area contributed by atoms with E-state index in [0.717, 1.165) is 6.26 Å². The Morgan fingerprint density at radius 2 is 1.76 bits per heavy atom. The molecule has 38 heavy (non-hydrogen) atoms. The molecule has 3 heterocycles. The minimum atomic E-state index is -1.66. The molecule has 0 aromatic heterocycles. The number of aliphatic hydroxyl groups excluding tert-OH is 5. The lowest BCUT2D eigenvalue weighted by molar-refractivity contribution is -0.327. The normalized spacial score (nSPS) is 45.5. The van der Waals surface area contributed by atoms with Crippen molar-refractivity contribution >= 4 is 11.9 Å². The Hall–Kier alpha value is -2.06. The van der Waals surface area contributed by atoms with Crippen LogP contribution in [0.25, 0.3) is 0 Å². The van der Waals surface area contributed by atoms with Crippen LogP contribution < -0.4 is 0 Å². The Bertz CT molecular complexity index is 931. The number of rotatable bonds is 3. The lowest BCUT2D eigenvalue weighted by atomic mass is 9.82. The van der Waals surface area contributed by atoms with Gasteiger partial charge in [-0.25, -0.2) is 4.79 Å². The molecule has 1 aliphatic carbocycles. The molecule has 12 nitrogen and oxygen atoms in total. The van der Waals surface area contributed by atoms with Crippen LogP contribution in [0.2, 0.25) is 0 Å². The van der Waals surface area contributed by atoms with E-state index in [1.54, 1.807) is 13.0 Å². The number of cyclic esters (lactones) is 2. The molecule has 3 fully saturated rings. The summed E-state index contributed by atoms with van der Waals surface area (Å²) >= 11 is 0. The largest absolute Gasteiger partial charge is 0.468 e. The number of carbonyl (C=O) groups is 2. The smallest absolute Gasteiger partial charge is 0.337 e. The second-order valence-electron chi connectivity index (χ2n) is 10.7. The molecule has 12 unspecified atom stereocenters. The first-order valence-corrected chi connectivity index (χ1v) is 13.1. The lowest BCUT2D eigenvalue weighted by Crippen LogP contribution is -2.60. The van der Waals surface area contributed by atoms with Gasteiger partial charge >= 0.3 is 11.9 Å². The van der Waals surface area contributed by atoms with Crippen molar-refractivity contribution in [3.63, 3.8) is 0 Å². The fourth-order valence-corrected chi connectivity index (χ4v) is 5.91. The molecule has 0 aromatic rings. The van der Waals surface area contributed by atoms with Crippen molar-refractivity contribution in [3.8, 4) is 0 Å². The van der Waals surface area contributed by atoms with Gasteiger partial charge in [0.25, 0.3) is 0 Å². The van der Waals surface area contributed by atoms with Crippen LogP contribution in [0.15, 0.2) is 23.5 Å². The Morgan fingerprint density at radius 3 is 2.45 bits per heavy atom. The van der Waals surface area contributed by atoms with Crippen molar-refractivity contribution in [1.29, 1.82) is 0 Å². The summed E-state index contributed by atoms with van der Waals surface area (Å²) in [7, 11) is 0. The van der Waals surface area contributed by atoms with Gasteiger partial charge in [0.2, 0.25) is 6.29 Å². The number of esters is 2. The highest BCUT2D eigenvalue weighted by atomic mass is 16.8. The van der Waals surface area contributed by atoms with Gasteiger partial charge < -0.3 is 49.2 Å². The average Bonchev–Trinajstić information content (AvgIpc) is 3.18. The van der Waals surface area contributed by atoms with Crippen molar-refractivity contribution in [2.24, 2.45) is 29.6 Å². The molecule has 0 amide bonds. The fraction of sp³-hybridized carbons (Fsp3) is 0.769. The second kappa shape index (κ2) is 12.0. The van der Waals surface area contributed by atoms with E-state index >= 15 is 0 Å². The number of allylic oxidation sites excluding steroid dienone is 1. The van der Waals surface area contributed by atoms with Gasteiger partial charge in [-0.2, -0.15) is 0 Å². The molecule has 2 saturated heterocycles. The summed E-state index contributed by atoms with van der Waals surface area (Å²) in [6, 6.07) is 0. The standard InChI is InChI=1S/C26H38O12/c1-4-13-15-6-20(29)34-9-16-12(3)18(28)5-14(16)11(2)8-35-24(33)17(15)10-36-25(13)38-26-23(32)22(31)21(30)19(7-27)37-26/h4,10-12,14-16,18-19,21-23,25-28,30-32H,5-9H2,1-3H3. The molecule has 3 aliphatic heterocycles. The predicted octanol–water partition coefficient (Wildman–Crippen LogP) is -0.635. The Labute approximate surface area is 220 Å². The van der Waals surface area contributed by atoms with Gasteiger partial charge in [-0.05, 0) is 31.1 Å². The van der Waals surface area contributed by atoms with E-state index in [2.05, 4.69) is 0 Å². The molecule has 4 aliphatic rings. The summed E-state index contributed by atoms with van der Waals surface area (Å²) in [5, 5.41) is 50.4. The van der Waals surface area contributed by atoms with Crippen LogP contribution in [0.3, 0.4) is 0 Å². The Morgan fingerprint density at radius 1 is 1.03 bits per heavy atom. The highest BCUT2D eigenvalue weighted by molar-refractivity contribution is 5.91. The van der Waals surface area contributed by atoms with Gasteiger partial charge in [0.05, 0.1) is 44.2 Å². The van der Waals surface area contributed by atoms with Crippen molar-refractivity contribution in [3.05, 3.63) is 23.5 Å². The van der Waals surface area contributed by atoms with Gasteiger partial charge in [-0.15, -0.1) is 0 Å². The fourth-order valence-electron chi connectivity index (χ4n) is 5.91. The first-order valence-electron chi connectivity index (χ1n) is 13.1. The van der Waals surface area contributed by atoms with Gasteiger partial charge in [-0.1, -0.05) is 19.9 Å². The maximum atomic E-state index is 13.1. The molecule has 12 atom stereocenters. The molecule has 12 heteroatoms. The molecule has 1 saturated carbocycles. The van der Waals surface area contributed by atoms with Crippen LogP contribution in [-0.4, -0.2) is 100 Å². The zero-order chi connectivity index (χ0) is 27.7. The first kappa shape index (κ1) is 28.9. The summed E-state index contributed by atoms with van der Waals surface area (Å²) < 4.78 is 28.1. The number of fused-ring (bicyclic) bond motifs is 2. The van der Waals surface area contributed by atoms with E-state index in [4.69, 9.17) is 23.7 Å². The number of aliphatic hydroxyl groups is 5. The molecule has 214 valence electrons. The van der Waals surface area contributed by atoms with Gasteiger partial charge in [0.15, 0.2) is 6.29 Å².